The molecule has 0 saturated heterocycles. The van der Waals surface area contributed by atoms with Crippen LogP contribution in [0.15, 0.2) is 23.5 Å². The molecule has 5 heteroatoms. The number of ether oxygens (including phenoxy) is 1. The lowest BCUT2D eigenvalue weighted by Crippen LogP contribution is -2.37. The normalized spacial score (nSPS) is 37.2. The Morgan fingerprint density at radius 3 is 2.75 bits per heavy atom. The third-order valence-corrected chi connectivity index (χ3v) is 3.27. The smallest absolute Gasteiger partial charge is 0.335 e. The van der Waals surface area contributed by atoms with Crippen molar-refractivity contribution in [2.24, 2.45) is 11.8 Å². The standard InChI is InChI=1S/C11H14O5/c1-5-9-6(3-12)2-8(13)10(9)7(4-16-5)11(14)15/h2,4-5,8-10,12-13H,3H2,1H3,(H,14,15)/t5-,8-,9+,10-/m0/s1. The second-order valence-corrected chi connectivity index (χ2v) is 4.16. The maximum Gasteiger partial charge on any atom is 0.335 e. The van der Waals surface area contributed by atoms with E-state index in [-0.39, 0.29) is 24.2 Å². The minimum Gasteiger partial charge on any atom is -0.497 e. The van der Waals surface area contributed by atoms with Gasteiger partial charge in [0, 0.05) is 11.8 Å². The lowest BCUT2D eigenvalue weighted by atomic mass is 9.80. The number of fused-ring (bicyclic) bond motifs is 1. The van der Waals surface area contributed by atoms with Crippen molar-refractivity contribution < 1.29 is 24.9 Å². The molecule has 0 amide bonds. The van der Waals surface area contributed by atoms with Gasteiger partial charge in [-0.3, -0.25) is 0 Å². The van der Waals surface area contributed by atoms with Crippen molar-refractivity contribution in [1.82, 2.24) is 0 Å². The molecule has 88 valence electrons. The van der Waals surface area contributed by atoms with Crippen LogP contribution in [-0.2, 0) is 9.53 Å². The molecular weight excluding hydrogens is 212 g/mol. The molecule has 4 atom stereocenters. The number of carbonyl (C=O) groups is 1. The molecule has 0 unspecified atom stereocenters. The number of rotatable bonds is 2. The lowest BCUT2D eigenvalue weighted by Gasteiger charge is -2.33. The second-order valence-electron chi connectivity index (χ2n) is 4.16. The van der Waals surface area contributed by atoms with Gasteiger partial charge in [0.15, 0.2) is 0 Å². The SMILES string of the molecule is C[C@@H]1OC=C(C(=O)O)[C@@H]2[C@H]1C(CO)=C[C@@H]2O. The van der Waals surface area contributed by atoms with Gasteiger partial charge in [0.05, 0.1) is 24.5 Å². The fraction of sp³-hybridized carbons (Fsp3) is 0.545. The molecule has 2 rings (SSSR count). The van der Waals surface area contributed by atoms with Crippen LogP contribution in [0.3, 0.4) is 0 Å². The Morgan fingerprint density at radius 2 is 2.19 bits per heavy atom. The van der Waals surface area contributed by atoms with E-state index >= 15 is 0 Å². The minimum absolute atomic E-state index is 0.0651. The number of aliphatic carboxylic acids is 1. The number of hydrogen-bond donors (Lipinski definition) is 3. The molecule has 1 heterocycles. The summed E-state index contributed by atoms with van der Waals surface area (Å²) in [5, 5.41) is 28.0. The van der Waals surface area contributed by atoms with Gasteiger partial charge in [-0.15, -0.1) is 0 Å². The number of aliphatic hydroxyl groups is 2. The van der Waals surface area contributed by atoms with Gasteiger partial charge in [-0.1, -0.05) is 6.08 Å². The zero-order valence-corrected chi connectivity index (χ0v) is 8.83. The van der Waals surface area contributed by atoms with Crippen LogP contribution in [0.1, 0.15) is 6.92 Å². The van der Waals surface area contributed by atoms with Crippen molar-refractivity contribution in [3.63, 3.8) is 0 Å². The Balaban J connectivity index is 2.37. The van der Waals surface area contributed by atoms with Crippen LogP contribution in [0.5, 0.6) is 0 Å². The quantitative estimate of drug-likeness (QED) is 0.572. The molecule has 1 aliphatic heterocycles. The van der Waals surface area contributed by atoms with E-state index in [0.29, 0.717) is 5.57 Å². The van der Waals surface area contributed by atoms with E-state index in [9.17, 15) is 9.90 Å². The highest BCUT2D eigenvalue weighted by atomic mass is 16.5. The molecule has 3 N–H and O–H groups in total. The number of aliphatic hydroxyl groups excluding tert-OH is 2. The third kappa shape index (κ3) is 1.52. The van der Waals surface area contributed by atoms with E-state index in [0.717, 1.165) is 0 Å². The Hall–Kier alpha value is -1.33. The molecule has 1 aliphatic carbocycles. The van der Waals surface area contributed by atoms with Gasteiger partial charge in [-0.25, -0.2) is 4.79 Å². The predicted molar refractivity (Wildman–Crippen MR) is 54.4 cm³/mol. The van der Waals surface area contributed by atoms with Crippen molar-refractivity contribution in [3.05, 3.63) is 23.5 Å². The van der Waals surface area contributed by atoms with Gasteiger partial charge in [0.2, 0.25) is 0 Å². The Kier molecular flexibility index (Phi) is 2.73. The number of hydrogen-bond acceptors (Lipinski definition) is 4. The Bertz CT molecular complexity index is 371. The van der Waals surface area contributed by atoms with Crippen molar-refractivity contribution in [2.75, 3.05) is 6.61 Å². The first-order valence-electron chi connectivity index (χ1n) is 5.14. The molecule has 16 heavy (non-hydrogen) atoms. The first-order valence-corrected chi connectivity index (χ1v) is 5.14. The van der Waals surface area contributed by atoms with Crippen LogP contribution >= 0.6 is 0 Å². The molecular formula is C11H14O5. The topological polar surface area (TPSA) is 87.0 Å². The summed E-state index contributed by atoms with van der Waals surface area (Å²) in [6.45, 7) is 1.62. The van der Waals surface area contributed by atoms with E-state index < -0.39 is 18.0 Å². The molecule has 0 radical (unpaired) electrons. The fourth-order valence-corrected chi connectivity index (χ4v) is 2.54. The highest BCUT2D eigenvalue weighted by Crippen LogP contribution is 2.42. The van der Waals surface area contributed by atoms with Crippen molar-refractivity contribution in [2.45, 2.75) is 19.1 Å². The first-order chi connectivity index (χ1) is 7.56. The Labute approximate surface area is 92.7 Å². The van der Waals surface area contributed by atoms with Gasteiger partial charge in [-0.05, 0) is 12.5 Å². The summed E-state index contributed by atoms with van der Waals surface area (Å²) >= 11 is 0. The van der Waals surface area contributed by atoms with E-state index in [1.54, 1.807) is 6.92 Å². The molecule has 0 saturated carbocycles. The maximum atomic E-state index is 11.0. The maximum absolute atomic E-state index is 11.0. The molecule has 0 aromatic heterocycles. The second kappa shape index (κ2) is 3.92. The zero-order chi connectivity index (χ0) is 11.9. The molecule has 0 aromatic rings. The fourth-order valence-electron chi connectivity index (χ4n) is 2.54. The highest BCUT2D eigenvalue weighted by molar-refractivity contribution is 5.87. The van der Waals surface area contributed by atoms with Crippen molar-refractivity contribution in [1.29, 1.82) is 0 Å². The molecule has 0 bridgehead atoms. The average Bonchev–Trinajstić information content (AvgIpc) is 2.57. The minimum atomic E-state index is -1.09. The monoisotopic (exact) mass is 226 g/mol. The van der Waals surface area contributed by atoms with Crippen LogP contribution in [0.2, 0.25) is 0 Å². The van der Waals surface area contributed by atoms with E-state index in [2.05, 4.69) is 0 Å². The summed E-state index contributed by atoms with van der Waals surface area (Å²) in [5.41, 5.74) is 0.715. The van der Waals surface area contributed by atoms with Crippen LogP contribution in [-0.4, -0.2) is 40.1 Å². The highest BCUT2D eigenvalue weighted by Gasteiger charge is 2.46. The van der Waals surface area contributed by atoms with Gasteiger partial charge < -0.3 is 20.1 Å². The summed E-state index contributed by atoms with van der Waals surface area (Å²) in [6, 6.07) is 0. The summed E-state index contributed by atoms with van der Waals surface area (Å²) < 4.78 is 5.24. The molecule has 0 spiro atoms. The van der Waals surface area contributed by atoms with Crippen molar-refractivity contribution >= 4 is 5.97 Å². The van der Waals surface area contributed by atoms with Crippen molar-refractivity contribution in [3.8, 4) is 0 Å². The average molecular weight is 226 g/mol. The summed E-state index contributed by atoms with van der Waals surface area (Å²) in [7, 11) is 0. The number of carboxylic acid groups (broad SMARTS) is 1. The zero-order valence-electron chi connectivity index (χ0n) is 8.83. The van der Waals surface area contributed by atoms with E-state index in [4.69, 9.17) is 14.9 Å². The number of carboxylic acids is 1. The first kappa shape index (κ1) is 11.2. The van der Waals surface area contributed by atoms with Crippen LogP contribution < -0.4 is 0 Å². The van der Waals surface area contributed by atoms with Crippen LogP contribution in [0.25, 0.3) is 0 Å². The van der Waals surface area contributed by atoms with Crippen LogP contribution in [0, 0.1) is 11.8 Å². The molecule has 0 fully saturated rings. The lowest BCUT2D eigenvalue weighted by molar-refractivity contribution is -0.135. The largest absolute Gasteiger partial charge is 0.497 e. The van der Waals surface area contributed by atoms with Gasteiger partial charge in [0.1, 0.15) is 6.10 Å². The van der Waals surface area contributed by atoms with E-state index in [1.807, 2.05) is 0 Å². The summed E-state index contributed by atoms with van der Waals surface area (Å²) in [4.78, 5) is 11.0. The van der Waals surface area contributed by atoms with Gasteiger partial charge >= 0.3 is 5.97 Å². The predicted octanol–water partition coefficient (Wildman–Crippen LogP) is -0.101. The molecule has 2 aliphatic rings. The Morgan fingerprint density at radius 1 is 1.50 bits per heavy atom. The van der Waals surface area contributed by atoms with Gasteiger partial charge in [-0.2, -0.15) is 0 Å². The molecule has 5 nitrogen and oxygen atoms in total. The summed E-state index contributed by atoms with van der Waals surface area (Å²) in [5.74, 6) is -1.85. The molecule has 0 aromatic carbocycles. The summed E-state index contributed by atoms with van der Waals surface area (Å²) in [6.07, 6.45) is 1.63. The van der Waals surface area contributed by atoms with Crippen LogP contribution in [0.4, 0.5) is 0 Å². The van der Waals surface area contributed by atoms with Gasteiger partial charge in [0.25, 0.3) is 0 Å². The van der Waals surface area contributed by atoms with E-state index in [1.165, 1.54) is 12.3 Å². The third-order valence-electron chi connectivity index (χ3n) is 3.27.